The van der Waals surface area contributed by atoms with Crippen LogP contribution in [0.1, 0.15) is 44.3 Å². The summed E-state index contributed by atoms with van der Waals surface area (Å²) in [6, 6.07) is 7.07. The average Bonchev–Trinajstić information content (AvgIpc) is 2.63. The first-order valence-corrected chi connectivity index (χ1v) is 9.41. The molecule has 1 atom stereocenters. The zero-order valence-corrected chi connectivity index (χ0v) is 15.0. The zero-order valence-electron chi connectivity index (χ0n) is 15.0. The van der Waals surface area contributed by atoms with Crippen molar-refractivity contribution in [2.75, 3.05) is 32.7 Å². The number of hydrogen-bond donors (Lipinski definition) is 1. The van der Waals surface area contributed by atoms with E-state index in [1.807, 2.05) is 0 Å². The van der Waals surface area contributed by atoms with Crippen molar-refractivity contribution >= 4 is 5.69 Å². The minimum atomic E-state index is -0.679. The highest BCUT2D eigenvalue weighted by Crippen LogP contribution is 2.28. The van der Waals surface area contributed by atoms with Gasteiger partial charge in [-0.15, -0.1) is 0 Å². The summed E-state index contributed by atoms with van der Waals surface area (Å²) in [5.41, 5.74) is 0.658. The van der Waals surface area contributed by atoms with Gasteiger partial charge in [-0.2, -0.15) is 0 Å². The summed E-state index contributed by atoms with van der Waals surface area (Å²) in [6.07, 6.45) is 4.64. The second kappa shape index (κ2) is 8.25. The molecule has 1 aromatic carbocycles. The van der Waals surface area contributed by atoms with Crippen molar-refractivity contribution in [3.8, 4) is 0 Å². The number of aliphatic hydroxyl groups is 1. The number of aliphatic hydroxyl groups excluding tert-OH is 1. The molecular weight excluding hydrogens is 318 g/mol. The SMILES string of the molecule is CC1CCC(N2CCN(CC(O)c3cccc([N+](=O)[O-])c3)CC2)CC1. The van der Waals surface area contributed by atoms with Crippen LogP contribution in [0.3, 0.4) is 0 Å². The van der Waals surface area contributed by atoms with Gasteiger partial charge in [-0.25, -0.2) is 0 Å². The third-order valence-electron chi connectivity index (χ3n) is 5.81. The minimum Gasteiger partial charge on any atom is -0.387 e. The monoisotopic (exact) mass is 347 g/mol. The third-order valence-corrected chi connectivity index (χ3v) is 5.81. The maximum absolute atomic E-state index is 10.9. The molecule has 3 rings (SSSR count). The van der Waals surface area contributed by atoms with Crippen LogP contribution in [0.15, 0.2) is 24.3 Å². The lowest BCUT2D eigenvalue weighted by atomic mass is 9.86. The highest BCUT2D eigenvalue weighted by atomic mass is 16.6. The Hall–Kier alpha value is -1.50. The first-order chi connectivity index (χ1) is 12.0. The van der Waals surface area contributed by atoms with Gasteiger partial charge in [0.25, 0.3) is 5.69 Å². The Labute approximate surface area is 149 Å². The number of piperazine rings is 1. The van der Waals surface area contributed by atoms with Gasteiger partial charge < -0.3 is 5.11 Å². The Morgan fingerprint density at radius 3 is 2.52 bits per heavy atom. The van der Waals surface area contributed by atoms with E-state index >= 15 is 0 Å². The lowest BCUT2D eigenvalue weighted by molar-refractivity contribution is -0.385. The van der Waals surface area contributed by atoms with E-state index in [4.69, 9.17) is 0 Å². The lowest BCUT2D eigenvalue weighted by Gasteiger charge is -2.42. The standard InChI is InChI=1S/C19H29N3O3/c1-15-5-7-17(8-6-15)21-11-9-20(10-12-21)14-19(23)16-3-2-4-18(13-16)22(24)25/h2-4,13,15,17,19,23H,5-12,14H2,1H3. The molecule has 0 spiro atoms. The molecule has 2 aliphatic rings. The van der Waals surface area contributed by atoms with Crippen LogP contribution in [0.25, 0.3) is 0 Å². The maximum Gasteiger partial charge on any atom is 0.269 e. The number of nitro benzene ring substituents is 1. The molecule has 1 N–H and O–H groups in total. The Kier molecular flexibility index (Phi) is 6.04. The van der Waals surface area contributed by atoms with E-state index < -0.39 is 11.0 Å². The van der Waals surface area contributed by atoms with Crippen molar-refractivity contribution in [3.05, 3.63) is 39.9 Å². The highest BCUT2D eigenvalue weighted by molar-refractivity contribution is 5.35. The number of non-ortho nitro benzene ring substituents is 1. The van der Waals surface area contributed by atoms with Crippen molar-refractivity contribution < 1.29 is 10.0 Å². The minimum absolute atomic E-state index is 0.0351. The molecule has 1 aromatic rings. The summed E-state index contributed by atoms with van der Waals surface area (Å²) < 4.78 is 0. The molecular formula is C19H29N3O3. The van der Waals surface area contributed by atoms with E-state index in [9.17, 15) is 15.2 Å². The van der Waals surface area contributed by atoms with Gasteiger partial charge in [-0.05, 0) is 37.2 Å². The Bertz CT molecular complexity index is 579. The number of nitrogens with zero attached hydrogens (tertiary/aromatic N) is 3. The summed E-state index contributed by atoms with van der Waals surface area (Å²) in [5.74, 6) is 0.877. The van der Waals surface area contributed by atoms with Gasteiger partial charge in [0.05, 0.1) is 11.0 Å². The molecule has 1 unspecified atom stereocenters. The fourth-order valence-electron chi connectivity index (χ4n) is 4.11. The first kappa shape index (κ1) is 18.3. The third kappa shape index (κ3) is 4.77. The fraction of sp³-hybridized carbons (Fsp3) is 0.684. The molecule has 0 radical (unpaired) electrons. The molecule has 6 heteroatoms. The van der Waals surface area contributed by atoms with Crippen molar-refractivity contribution in [3.63, 3.8) is 0 Å². The van der Waals surface area contributed by atoms with Crippen LogP contribution in [0.5, 0.6) is 0 Å². The van der Waals surface area contributed by atoms with Crippen molar-refractivity contribution in [2.45, 2.75) is 44.8 Å². The topological polar surface area (TPSA) is 69.8 Å². The summed E-state index contributed by atoms with van der Waals surface area (Å²) in [7, 11) is 0. The second-order valence-corrected chi connectivity index (χ2v) is 7.62. The van der Waals surface area contributed by atoms with Gasteiger partial charge in [-0.3, -0.25) is 19.9 Å². The molecule has 1 saturated carbocycles. The van der Waals surface area contributed by atoms with E-state index in [0.717, 1.165) is 38.1 Å². The van der Waals surface area contributed by atoms with E-state index in [1.54, 1.807) is 12.1 Å². The van der Waals surface area contributed by atoms with Crippen molar-refractivity contribution in [1.29, 1.82) is 0 Å². The first-order valence-electron chi connectivity index (χ1n) is 9.41. The van der Waals surface area contributed by atoms with Crippen LogP contribution < -0.4 is 0 Å². The molecule has 2 fully saturated rings. The molecule has 0 amide bonds. The van der Waals surface area contributed by atoms with Gasteiger partial charge >= 0.3 is 0 Å². The summed E-state index contributed by atoms with van der Waals surface area (Å²) >= 11 is 0. The van der Waals surface area contributed by atoms with Crippen molar-refractivity contribution in [1.82, 2.24) is 9.80 Å². The molecule has 138 valence electrons. The Morgan fingerprint density at radius 1 is 1.20 bits per heavy atom. The van der Waals surface area contributed by atoms with E-state index in [0.29, 0.717) is 12.1 Å². The average molecular weight is 347 g/mol. The summed E-state index contributed by atoms with van der Waals surface area (Å²) in [5, 5.41) is 21.3. The number of β-amino-alcohol motifs (C(OH)–C–C–N with tert-alkyl or cyclic N) is 1. The molecule has 0 bridgehead atoms. The molecule has 25 heavy (non-hydrogen) atoms. The second-order valence-electron chi connectivity index (χ2n) is 7.62. The van der Waals surface area contributed by atoms with Crippen molar-refractivity contribution in [2.24, 2.45) is 5.92 Å². The van der Waals surface area contributed by atoms with Crippen LogP contribution in [0, 0.1) is 16.0 Å². The normalized spacial score (nSPS) is 27.1. The molecule has 1 saturated heterocycles. The van der Waals surface area contributed by atoms with Gasteiger partial charge in [0.15, 0.2) is 0 Å². The molecule has 1 aliphatic heterocycles. The lowest BCUT2D eigenvalue weighted by Crippen LogP contribution is -2.51. The predicted octanol–water partition coefficient (Wildman–Crippen LogP) is 2.82. The van der Waals surface area contributed by atoms with Gasteiger partial charge in [0.1, 0.15) is 0 Å². The number of rotatable bonds is 5. The number of benzene rings is 1. The molecule has 1 heterocycles. The Morgan fingerprint density at radius 2 is 1.88 bits per heavy atom. The van der Waals surface area contributed by atoms with Crippen LogP contribution >= 0.6 is 0 Å². The molecule has 0 aromatic heterocycles. The number of hydrogen-bond acceptors (Lipinski definition) is 5. The van der Waals surface area contributed by atoms with Crippen LogP contribution in [-0.4, -0.2) is 58.6 Å². The summed E-state index contributed by atoms with van der Waals surface area (Å²) in [4.78, 5) is 15.3. The van der Waals surface area contributed by atoms with Gasteiger partial charge in [0, 0.05) is 50.9 Å². The molecule has 6 nitrogen and oxygen atoms in total. The van der Waals surface area contributed by atoms with E-state index in [1.165, 1.54) is 37.8 Å². The van der Waals surface area contributed by atoms with Crippen LogP contribution in [-0.2, 0) is 0 Å². The van der Waals surface area contributed by atoms with E-state index in [2.05, 4.69) is 16.7 Å². The van der Waals surface area contributed by atoms with E-state index in [-0.39, 0.29) is 5.69 Å². The predicted molar refractivity (Wildman–Crippen MR) is 97.5 cm³/mol. The molecule has 1 aliphatic carbocycles. The maximum atomic E-state index is 10.9. The smallest absolute Gasteiger partial charge is 0.269 e. The number of nitro groups is 1. The quantitative estimate of drug-likeness (QED) is 0.655. The highest BCUT2D eigenvalue weighted by Gasteiger charge is 2.27. The zero-order chi connectivity index (χ0) is 17.8. The van der Waals surface area contributed by atoms with Gasteiger partial charge in [-0.1, -0.05) is 19.1 Å². The summed E-state index contributed by atoms with van der Waals surface area (Å²) in [6.45, 7) is 6.91. The largest absolute Gasteiger partial charge is 0.387 e. The van der Waals surface area contributed by atoms with Gasteiger partial charge in [0.2, 0.25) is 0 Å². The van der Waals surface area contributed by atoms with Crippen LogP contribution in [0.2, 0.25) is 0 Å². The fourth-order valence-corrected chi connectivity index (χ4v) is 4.11. The Balaban J connectivity index is 1.48. The van der Waals surface area contributed by atoms with Crippen LogP contribution in [0.4, 0.5) is 5.69 Å².